The lowest BCUT2D eigenvalue weighted by Crippen LogP contribution is -2.28. The monoisotopic (exact) mass is 312 g/mol. The molecule has 0 fully saturated rings. The van der Waals surface area contributed by atoms with Gasteiger partial charge in [0.2, 0.25) is 10.0 Å². The van der Waals surface area contributed by atoms with E-state index in [4.69, 9.17) is 5.11 Å². The number of nitrogens with zero attached hydrogens (tertiary/aromatic N) is 1. The van der Waals surface area contributed by atoms with Gasteiger partial charge in [-0.15, -0.1) is 11.3 Å². The summed E-state index contributed by atoms with van der Waals surface area (Å²) in [6.07, 6.45) is 1.56. The molecule has 0 aliphatic carbocycles. The summed E-state index contributed by atoms with van der Waals surface area (Å²) >= 11 is 0.873. The zero-order valence-electron chi connectivity index (χ0n) is 10.5. The van der Waals surface area contributed by atoms with E-state index < -0.39 is 22.0 Å². The fourth-order valence-electron chi connectivity index (χ4n) is 1.65. The van der Waals surface area contributed by atoms with Crippen molar-refractivity contribution in [2.75, 3.05) is 0 Å². The van der Waals surface area contributed by atoms with Crippen molar-refractivity contribution in [1.29, 1.82) is 0 Å². The van der Waals surface area contributed by atoms with Gasteiger partial charge in [-0.3, -0.25) is 4.98 Å². The van der Waals surface area contributed by atoms with Crippen LogP contribution in [0.4, 0.5) is 0 Å². The zero-order valence-corrected chi connectivity index (χ0v) is 12.1. The fourth-order valence-corrected chi connectivity index (χ4v) is 4.13. The zero-order chi connectivity index (χ0) is 14.8. The maximum Gasteiger partial charge on any atom is 0.347 e. The van der Waals surface area contributed by atoms with Crippen LogP contribution < -0.4 is 4.72 Å². The minimum absolute atomic E-state index is 0.203. The molecule has 2 N–H and O–H groups in total. The molecule has 1 atom stereocenters. The van der Waals surface area contributed by atoms with Gasteiger partial charge < -0.3 is 5.11 Å². The number of aromatic carboxylic acids is 1. The highest BCUT2D eigenvalue weighted by atomic mass is 32.2. The van der Waals surface area contributed by atoms with Crippen molar-refractivity contribution in [2.24, 2.45) is 0 Å². The third-order valence-corrected chi connectivity index (χ3v) is 5.19. The maximum absolute atomic E-state index is 12.2. The first-order valence-corrected chi connectivity index (χ1v) is 8.02. The summed E-state index contributed by atoms with van der Waals surface area (Å²) in [5.74, 6) is -1.26. The second-order valence-corrected chi connectivity index (χ2v) is 6.62. The molecule has 0 bridgehead atoms. The van der Waals surface area contributed by atoms with Gasteiger partial charge in [0, 0.05) is 6.20 Å². The van der Waals surface area contributed by atoms with Crippen molar-refractivity contribution in [1.82, 2.24) is 9.71 Å². The summed E-state index contributed by atoms with van der Waals surface area (Å²) in [5, 5.41) is 10.4. The Morgan fingerprint density at radius 3 is 2.75 bits per heavy atom. The number of nitrogens with one attached hydrogen (secondary N) is 1. The molecule has 6 nitrogen and oxygen atoms in total. The molecule has 0 saturated carbocycles. The summed E-state index contributed by atoms with van der Waals surface area (Å²) in [6.45, 7) is 1.65. The highest BCUT2D eigenvalue weighted by Gasteiger charge is 2.25. The number of carboxylic acids is 1. The molecule has 2 aromatic heterocycles. The first kappa shape index (κ1) is 14.6. The van der Waals surface area contributed by atoms with Crippen LogP contribution in [-0.2, 0) is 10.0 Å². The maximum atomic E-state index is 12.2. The predicted molar refractivity (Wildman–Crippen MR) is 74.3 cm³/mol. The lowest BCUT2D eigenvalue weighted by Gasteiger charge is -2.13. The molecule has 20 heavy (non-hydrogen) atoms. The standard InChI is InChI=1S/C12H12N2O4S2/c1-8(9-4-2-3-6-13-9)14-20(17,18)10-5-7-19-11(10)12(15)16/h2-8,14H,1H3,(H,15,16)/t8-/m1/s1. The Kier molecular flexibility index (Phi) is 4.17. The van der Waals surface area contributed by atoms with Gasteiger partial charge in [-0.25, -0.2) is 17.9 Å². The minimum atomic E-state index is -3.90. The quantitative estimate of drug-likeness (QED) is 0.878. The number of hydrogen-bond acceptors (Lipinski definition) is 5. The Morgan fingerprint density at radius 1 is 1.40 bits per heavy atom. The number of carboxylic acid groups (broad SMARTS) is 1. The van der Waals surface area contributed by atoms with E-state index in [-0.39, 0.29) is 9.77 Å². The number of aromatic nitrogens is 1. The number of rotatable bonds is 5. The van der Waals surface area contributed by atoms with Crippen LogP contribution in [0.3, 0.4) is 0 Å². The predicted octanol–water partition coefficient (Wildman–Crippen LogP) is 1.88. The number of pyridine rings is 1. The first-order chi connectivity index (χ1) is 9.42. The van der Waals surface area contributed by atoms with Crippen LogP contribution >= 0.6 is 11.3 Å². The molecule has 0 aliphatic heterocycles. The second kappa shape index (κ2) is 5.70. The molecular formula is C12H12N2O4S2. The summed E-state index contributed by atoms with van der Waals surface area (Å²) in [7, 11) is -3.90. The molecule has 106 valence electrons. The van der Waals surface area contributed by atoms with Gasteiger partial charge in [0.05, 0.1) is 11.7 Å². The number of hydrogen-bond donors (Lipinski definition) is 2. The van der Waals surface area contributed by atoms with E-state index in [1.165, 1.54) is 11.4 Å². The third kappa shape index (κ3) is 3.03. The molecular weight excluding hydrogens is 300 g/mol. The van der Waals surface area contributed by atoms with Crippen molar-refractivity contribution in [3.63, 3.8) is 0 Å². The molecule has 0 unspecified atom stereocenters. The third-order valence-electron chi connectivity index (χ3n) is 2.58. The van der Waals surface area contributed by atoms with Crippen LogP contribution in [0.25, 0.3) is 0 Å². The molecule has 0 radical (unpaired) electrons. The van der Waals surface area contributed by atoms with Crippen LogP contribution in [0, 0.1) is 0 Å². The van der Waals surface area contributed by atoms with Crippen LogP contribution in [0.2, 0.25) is 0 Å². The van der Waals surface area contributed by atoms with Crippen molar-refractivity contribution in [3.05, 3.63) is 46.4 Å². The molecule has 2 aromatic rings. The smallest absolute Gasteiger partial charge is 0.347 e. The highest BCUT2D eigenvalue weighted by molar-refractivity contribution is 7.89. The van der Waals surface area contributed by atoms with Crippen LogP contribution in [-0.4, -0.2) is 24.5 Å². The molecule has 2 rings (SSSR count). The van der Waals surface area contributed by atoms with Crippen LogP contribution in [0.15, 0.2) is 40.7 Å². The molecule has 0 aliphatic rings. The van der Waals surface area contributed by atoms with Crippen molar-refractivity contribution in [2.45, 2.75) is 17.9 Å². The van der Waals surface area contributed by atoms with E-state index in [0.29, 0.717) is 5.69 Å². The Morgan fingerprint density at radius 2 is 2.15 bits per heavy atom. The van der Waals surface area contributed by atoms with E-state index in [1.54, 1.807) is 31.3 Å². The molecule has 0 saturated heterocycles. The minimum Gasteiger partial charge on any atom is -0.477 e. The highest BCUT2D eigenvalue weighted by Crippen LogP contribution is 2.23. The molecule has 0 amide bonds. The van der Waals surface area contributed by atoms with Gasteiger partial charge in [0.1, 0.15) is 9.77 Å². The summed E-state index contributed by atoms with van der Waals surface area (Å²) < 4.78 is 26.8. The van der Waals surface area contributed by atoms with Crippen molar-refractivity contribution < 1.29 is 18.3 Å². The van der Waals surface area contributed by atoms with Crippen molar-refractivity contribution in [3.8, 4) is 0 Å². The largest absolute Gasteiger partial charge is 0.477 e. The molecule has 2 heterocycles. The topological polar surface area (TPSA) is 96.4 Å². The average molecular weight is 312 g/mol. The van der Waals surface area contributed by atoms with E-state index in [1.807, 2.05) is 0 Å². The number of sulfonamides is 1. The van der Waals surface area contributed by atoms with Gasteiger partial charge >= 0.3 is 5.97 Å². The Bertz CT molecular complexity index is 710. The SMILES string of the molecule is C[C@@H](NS(=O)(=O)c1ccsc1C(=O)O)c1ccccn1. The van der Waals surface area contributed by atoms with Crippen LogP contribution in [0.5, 0.6) is 0 Å². The molecule has 0 spiro atoms. The Balaban J connectivity index is 2.28. The normalized spacial score (nSPS) is 13.1. The van der Waals surface area contributed by atoms with Gasteiger partial charge in [-0.05, 0) is 30.5 Å². The number of carbonyl (C=O) groups is 1. The second-order valence-electron chi connectivity index (χ2n) is 4.02. The van der Waals surface area contributed by atoms with E-state index in [0.717, 1.165) is 11.3 Å². The van der Waals surface area contributed by atoms with E-state index in [9.17, 15) is 13.2 Å². The van der Waals surface area contributed by atoms with Gasteiger partial charge in [0.15, 0.2) is 0 Å². The Hall–Kier alpha value is -1.77. The molecule has 8 heteroatoms. The van der Waals surface area contributed by atoms with Gasteiger partial charge in [-0.1, -0.05) is 6.07 Å². The fraction of sp³-hybridized carbons (Fsp3) is 0.167. The number of thiophene rings is 1. The Labute approximate surface area is 120 Å². The summed E-state index contributed by atoms with van der Waals surface area (Å²) in [4.78, 5) is 14.6. The first-order valence-electron chi connectivity index (χ1n) is 5.66. The summed E-state index contributed by atoms with van der Waals surface area (Å²) in [5.41, 5.74) is 0.558. The van der Waals surface area contributed by atoms with E-state index in [2.05, 4.69) is 9.71 Å². The van der Waals surface area contributed by atoms with Gasteiger partial charge in [-0.2, -0.15) is 0 Å². The van der Waals surface area contributed by atoms with E-state index >= 15 is 0 Å². The lowest BCUT2D eigenvalue weighted by atomic mass is 10.2. The van der Waals surface area contributed by atoms with Crippen molar-refractivity contribution >= 4 is 27.3 Å². The average Bonchev–Trinajstić information content (AvgIpc) is 2.89. The lowest BCUT2D eigenvalue weighted by molar-refractivity contribution is 0.0698. The molecule has 0 aromatic carbocycles. The van der Waals surface area contributed by atoms with Crippen LogP contribution in [0.1, 0.15) is 28.3 Å². The summed E-state index contributed by atoms with van der Waals surface area (Å²) in [6, 6.07) is 5.90. The van der Waals surface area contributed by atoms with Gasteiger partial charge in [0.25, 0.3) is 0 Å².